The van der Waals surface area contributed by atoms with Crippen molar-refractivity contribution < 1.29 is 14.7 Å². The van der Waals surface area contributed by atoms with E-state index in [0.717, 1.165) is 18.3 Å². The van der Waals surface area contributed by atoms with Crippen molar-refractivity contribution in [3.05, 3.63) is 47.4 Å². The number of piperidine rings is 1. The van der Waals surface area contributed by atoms with Crippen LogP contribution in [0.3, 0.4) is 0 Å². The smallest absolute Gasteiger partial charge is 0.274 e. The molecule has 2 bridgehead atoms. The summed E-state index contributed by atoms with van der Waals surface area (Å²) < 4.78 is 1.72. The molecule has 3 aliphatic carbocycles. The van der Waals surface area contributed by atoms with Gasteiger partial charge in [-0.3, -0.25) is 14.0 Å². The zero-order valence-corrected chi connectivity index (χ0v) is 19.2. The third-order valence-corrected chi connectivity index (χ3v) is 8.69. The van der Waals surface area contributed by atoms with Gasteiger partial charge in [-0.05, 0) is 81.3 Å². The summed E-state index contributed by atoms with van der Waals surface area (Å²) in [6.45, 7) is 3.53. The first-order chi connectivity index (χ1) is 15.8. The van der Waals surface area contributed by atoms with Gasteiger partial charge in [-0.2, -0.15) is 0 Å². The number of nitrogens with one attached hydrogen (secondary N) is 1. The van der Waals surface area contributed by atoms with Gasteiger partial charge in [0, 0.05) is 25.8 Å². The van der Waals surface area contributed by atoms with Gasteiger partial charge in [0.1, 0.15) is 17.0 Å². The maximum absolute atomic E-state index is 13.2. The number of likely N-dealkylation sites (tertiary alicyclic amines) is 1. The number of hydrogen-bond acceptors (Lipinski definition) is 4. The Morgan fingerprint density at radius 3 is 2.88 bits per heavy atom. The van der Waals surface area contributed by atoms with Crippen molar-refractivity contribution in [1.82, 2.24) is 19.6 Å². The minimum atomic E-state index is -0.714. The highest BCUT2D eigenvalue weighted by atomic mass is 16.3. The number of aliphatic hydroxyl groups is 1. The van der Waals surface area contributed by atoms with E-state index in [1.165, 1.54) is 25.7 Å². The number of carbonyl (C=O) groups is 2. The molecule has 2 saturated carbocycles. The average Bonchev–Trinajstić information content (AvgIpc) is 3.46. The van der Waals surface area contributed by atoms with Crippen molar-refractivity contribution in [1.29, 1.82) is 0 Å². The van der Waals surface area contributed by atoms with Crippen LogP contribution in [0.15, 0.2) is 36.0 Å². The predicted molar refractivity (Wildman–Crippen MR) is 124 cm³/mol. The molecule has 0 spiro atoms. The fraction of sp³-hybridized carbons (Fsp3) is 0.577. The molecule has 0 radical (unpaired) electrons. The first-order valence-corrected chi connectivity index (χ1v) is 12.3. The van der Waals surface area contributed by atoms with E-state index in [4.69, 9.17) is 0 Å². The Balaban J connectivity index is 1.18. The lowest BCUT2D eigenvalue weighted by Crippen LogP contribution is -2.45. The van der Waals surface area contributed by atoms with Crippen LogP contribution in [0.1, 0.15) is 72.8 Å². The normalized spacial score (nSPS) is 29.9. The van der Waals surface area contributed by atoms with Crippen LogP contribution in [0.4, 0.5) is 0 Å². The monoisotopic (exact) mass is 448 g/mol. The summed E-state index contributed by atoms with van der Waals surface area (Å²) in [5, 5.41) is 13.4. The quantitative estimate of drug-likeness (QED) is 0.704. The molecule has 33 heavy (non-hydrogen) atoms. The molecule has 2 N–H and O–H groups in total. The molecular formula is C26H32N4O3. The van der Waals surface area contributed by atoms with E-state index in [9.17, 15) is 14.7 Å². The van der Waals surface area contributed by atoms with Crippen LogP contribution in [0.5, 0.6) is 0 Å². The van der Waals surface area contributed by atoms with Crippen LogP contribution in [0.25, 0.3) is 5.65 Å². The summed E-state index contributed by atoms with van der Waals surface area (Å²) in [5.74, 6) is 1.29. The van der Waals surface area contributed by atoms with Gasteiger partial charge in [-0.1, -0.05) is 17.7 Å². The molecule has 2 aromatic rings. The van der Waals surface area contributed by atoms with Gasteiger partial charge in [0.25, 0.3) is 11.8 Å². The van der Waals surface area contributed by atoms with Crippen molar-refractivity contribution in [3.63, 3.8) is 0 Å². The number of amides is 2. The molecule has 4 aliphatic rings. The molecular weight excluding hydrogens is 416 g/mol. The maximum Gasteiger partial charge on any atom is 0.274 e. The molecule has 3 heterocycles. The number of rotatable bonds is 4. The van der Waals surface area contributed by atoms with E-state index in [-0.39, 0.29) is 17.2 Å². The van der Waals surface area contributed by atoms with Gasteiger partial charge in [-0.15, -0.1) is 0 Å². The first kappa shape index (κ1) is 20.9. The maximum atomic E-state index is 13.2. The molecule has 1 saturated heterocycles. The minimum absolute atomic E-state index is 0.118. The number of hydrogen-bond donors (Lipinski definition) is 2. The Labute approximate surface area is 193 Å². The number of fused-ring (bicyclic) bond motifs is 2. The fourth-order valence-electron chi connectivity index (χ4n) is 6.68. The van der Waals surface area contributed by atoms with Crippen molar-refractivity contribution in [2.45, 2.75) is 57.5 Å². The molecule has 6 rings (SSSR count). The lowest BCUT2D eigenvalue weighted by atomic mass is 9.76. The third-order valence-electron chi connectivity index (χ3n) is 8.69. The van der Waals surface area contributed by atoms with Crippen molar-refractivity contribution in [2.75, 3.05) is 19.6 Å². The van der Waals surface area contributed by atoms with E-state index in [2.05, 4.69) is 16.4 Å². The molecule has 0 aromatic carbocycles. The molecule has 7 nitrogen and oxygen atoms in total. The van der Waals surface area contributed by atoms with Crippen molar-refractivity contribution in [2.24, 2.45) is 17.3 Å². The Bertz CT molecular complexity index is 1160. The van der Waals surface area contributed by atoms with Gasteiger partial charge in [-0.25, -0.2) is 4.98 Å². The highest BCUT2D eigenvalue weighted by molar-refractivity contribution is 5.95. The molecule has 2 amide bonds. The van der Waals surface area contributed by atoms with Crippen LogP contribution in [0.2, 0.25) is 0 Å². The van der Waals surface area contributed by atoms with Gasteiger partial charge >= 0.3 is 0 Å². The van der Waals surface area contributed by atoms with Crippen molar-refractivity contribution in [3.8, 4) is 0 Å². The Hall–Kier alpha value is -2.67. The third kappa shape index (κ3) is 3.57. The second-order valence-corrected chi connectivity index (χ2v) is 11.0. The number of aromatic nitrogens is 2. The van der Waals surface area contributed by atoms with E-state index < -0.39 is 5.60 Å². The zero-order valence-electron chi connectivity index (χ0n) is 19.2. The number of carbonyl (C=O) groups excluding carboxylic acids is 2. The summed E-state index contributed by atoms with van der Waals surface area (Å²) in [6.07, 6.45) is 11.3. The minimum Gasteiger partial charge on any atom is -0.390 e. The lowest BCUT2D eigenvalue weighted by molar-refractivity contribution is -0.00218. The molecule has 3 unspecified atom stereocenters. The molecule has 7 heteroatoms. The molecule has 3 atom stereocenters. The summed E-state index contributed by atoms with van der Waals surface area (Å²) in [5.41, 5.74) is 2.58. The largest absolute Gasteiger partial charge is 0.390 e. The molecule has 1 aliphatic heterocycles. The highest BCUT2D eigenvalue weighted by Gasteiger charge is 2.50. The molecule has 2 aromatic heterocycles. The van der Waals surface area contributed by atoms with Crippen molar-refractivity contribution >= 4 is 17.5 Å². The number of allylic oxidation sites excluding steroid dienone is 2. The summed E-state index contributed by atoms with van der Waals surface area (Å²) in [4.78, 5) is 32.4. The molecule has 174 valence electrons. The van der Waals surface area contributed by atoms with E-state index in [0.29, 0.717) is 49.5 Å². The number of nitrogens with zero attached hydrogens (tertiary/aromatic N) is 3. The average molecular weight is 449 g/mol. The van der Waals surface area contributed by atoms with Crippen LogP contribution in [0, 0.1) is 17.3 Å². The van der Waals surface area contributed by atoms with Crippen LogP contribution >= 0.6 is 0 Å². The first-order valence-electron chi connectivity index (χ1n) is 12.3. The van der Waals surface area contributed by atoms with Crippen LogP contribution in [-0.4, -0.2) is 56.4 Å². The van der Waals surface area contributed by atoms with Gasteiger partial charge in [0.15, 0.2) is 0 Å². The molecule has 3 fully saturated rings. The Kier molecular flexibility index (Phi) is 4.70. The van der Waals surface area contributed by atoms with Crippen LogP contribution < -0.4 is 5.32 Å². The standard InChI is InChI=1S/C26H32N4O3/c1-25(33)9-11-29(12-10-25)24(32)20-15-30-21(3-2-4-22(30)28-20)23(31)27-16-26-8-7-17-5-6-18(13-26)19(17)14-26/h2-4,7,15,18-19,33H,5-6,8-14,16H2,1H3,(H,27,31). The number of pyridine rings is 1. The highest BCUT2D eigenvalue weighted by Crippen LogP contribution is 2.59. The Morgan fingerprint density at radius 2 is 2.06 bits per heavy atom. The topological polar surface area (TPSA) is 86.9 Å². The van der Waals surface area contributed by atoms with E-state index >= 15 is 0 Å². The van der Waals surface area contributed by atoms with Gasteiger partial charge < -0.3 is 15.3 Å². The summed E-state index contributed by atoms with van der Waals surface area (Å²) in [7, 11) is 0. The van der Waals surface area contributed by atoms with Crippen LogP contribution in [-0.2, 0) is 0 Å². The Morgan fingerprint density at radius 1 is 1.24 bits per heavy atom. The SMILES string of the molecule is CC1(O)CCN(C(=O)c2cn3c(C(=O)NCC45CC=C6CCC(C4)C6C5)cccc3n2)CC1. The predicted octanol–water partition coefficient (Wildman–Crippen LogP) is 3.19. The van der Waals surface area contributed by atoms with E-state index in [1.807, 2.05) is 19.1 Å². The van der Waals surface area contributed by atoms with E-state index in [1.54, 1.807) is 27.1 Å². The second-order valence-electron chi connectivity index (χ2n) is 11.0. The second kappa shape index (κ2) is 7.42. The summed E-state index contributed by atoms with van der Waals surface area (Å²) >= 11 is 0. The van der Waals surface area contributed by atoms with Gasteiger partial charge in [0.05, 0.1) is 5.60 Å². The van der Waals surface area contributed by atoms with Gasteiger partial charge in [0.2, 0.25) is 0 Å². The lowest BCUT2D eigenvalue weighted by Gasteiger charge is -2.35. The fourth-order valence-corrected chi connectivity index (χ4v) is 6.68. The zero-order chi connectivity index (χ0) is 22.8. The number of imidazole rings is 1. The summed E-state index contributed by atoms with van der Waals surface area (Å²) in [6, 6.07) is 5.42.